The molecule has 0 aliphatic carbocycles. The molecule has 3 nitrogen and oxygen atoms in total. The number of aryl methyl sites for hydroxylation is 1. The second-order valence-electron chi connectivity index (χ2n) is 4.54. The van der Waals surface area contributed by atoms with Crippen LogP contribution in [0, 0.1) is 6.92 Å². The lowest BCUT2D eigenvalue weighted by molar-refractivity contribution is -0.114. The molecule has 0 aliphatic heterocycles. The molecule has 0 saturated heterocycles. The number of hydrogen-bond donors (Lipinski definition) is 1. The summed E-state index contributed by atoms with van der Waals surface area (Å²) >= 11 is 1.68. The molecule has 0 aliphatic rings. The van der Waals surface area contributed by atoms with Crippen molar-refractivity contribution in [3.8, 4) is 0 Å². The lowest BCUT2D eigenvalue weighted by Gasteiger charge is -2.08. The van der Waals surface area contributed by atoms with Gasteiger partial charge in [0.05, 0.1) is 5.75 Å². The number of nitrogens with one attached hydrogen (secondary N) is 1. The molecular weight excluding hydrogens is 258 g/mol. The summed E-state index contributed by atoms with van der Waals surface area (Å²) in [5.74, 6) is 1.61. The maximum absolute atomic E-state index is 12.0. The van der Waals surface area contributed by atoms with E-state index in [1.165, 1.54) is 6.92 Å². The zero-order valence-corrected chi connectivity index (χ0v) is 12.6. The fraction of sp³-hybridized carbons (Fsp3) is 0.467. The average molecular weight is 279 g/mol. The summed E-state index contributed by atoms with van der Waals surface area (Å²) in [4.78, 5) is 23.0. The zero-order valence-electron chi connectivity index (χ0n) is 11.8. The first kappa shape index (κ1) is 15.8. The molecule has 0 aromatic heterocycles. The van der Waals surface area contributed by atoms with E-state index < -0.39 is 0 Å². The minimum atomic E-state index is -0.0997. The van der Waals surface area contributed by atoms with Crippen molar-refractivity contribution in [1.29, 1.82) is 0 Å². The summed E-state index contributed by atoms with van der Waals surface area (Å²) in [7, 11) is 0. The summed E-state index contributed by atoms with van der Waals surface area (Å²) < 4.78 is 0. The number of unbranched alkanes of at least 4 members (excludes halogenated alkanes) is 1. The van der Waals surface area contributed by atoms with E-state index >= 15 is 0 Å². The molecule has 0 atom stereocenters. The van der Waals surface area contributed by atoms with Crippen LogP contribution in [0.5, 0.6) is 0 Å². The third-order valence-corrected chi connectivity index (χ3v) is 3.78. The van der Waals surface area contributed by atoms with Gasteiger partial charge in [-0.05, 0) is 42.9 Å². The number of anilines is 1. The highest BCUT2D eigenvalue weighted by Crippen LogP contribution is 2.18. The Balaban J connectivity index is 2.61. The van der Waals surface area contributed by atoms with Crippen molar-refractivity contribution < 1.29 is 9.59 Å². The van der Waals surface area contributed by atoms with Crippen LogP contribution < -0.4 is 5.32 Å². The first-order valence-corrected chi connectivity index (χ1v) is 7.69. The van der Waals surface area contributed by atoms with Gasteiger partial charge in [0, 0.05) is 18.2 Å². The SMILES string of the molecule is CCCCSCC(=O)c1ccc(NC(C)=O)c(C)c1. The fourth-order valence-electron chi connectivity index (χ4n) is 1.66. The molecule has 0 saturated carbocycles. The number of thioether (sulfide) groups is 1. The van der Waals surface area contributed by atoms with Crippen LogP contribution in [0.15, 0.2) is 18.2 Å². The quantitative estimate of drug-likeness (QED) is 0.612. The predicted molar refractivity (Wildman–Crippen MR) is 82.0 cm³/mol. The Bertz CT molecular complexity index is 457. The number of ketones is 1. The van der Waals surface area contributed by atoms with Gasteiger partial charge in [0.15, 0.2) is 5.78 Å². The molecule has 1 rings (SSSR count). The van der Waals surface area contributed by atoms with Crippen molar-refractivity contribution in [2.45, 2.75) is 33.6 Å². The minimum absolute atomic E-state index is 0.0997. The molecule has 1 N–H and O–H groups in total. The number of carbonyl (C=O) groups is 2. The maximum atomic E-state index is 12.0. The van der Waals surface area contributed by atoms with E-state index in [1.807, 2.05) is 13.0 Å². The molecule has 1 amide bonds. The topological polar surface area (TPSA) is 46.2 Å². The second kappa shape index (κ2) is 8.00. The van der Waals surface area contributed by atoms with Crippen molar-refractivity contribution in [1.82, 2.24) is 0 Å². The van der Waals surface area contributed by atoms with Crippen LogP contribution in [0.4, 0.5) is 5.69 Å². The number of rotatable bonds is 7. The smallest absolute Gasteiger partial charge is 0.221 e. The van der Waals surface area contributed by atoms with E-state index in [1.54, 1.807) is 23.9 Å². The minimum Gasteiger partial charge on any atom is -0.326 e. The molecule has 1 aromatic rings. The summed E-state index contributed by atoms with van der Waals surface area (Å²) in [6.07, 6.45) is 2.31. The van der Waals surface area contributed by atoms with Crippen molar-refractivity contribution >= 4 is 29.1 Å². The van der Waals surface area contributed by atoms with Gasteiger partial charge >= 0.3 is 0 Å². The van der Waals surface area contributed by atoms with Gasteiger partial charge in [-0.15, -0.1) is 0 Å². The Morgan fingerprint density at radius 2 is 2.05 bits per heavy atom. The third-order valence-electron chi connectivity index (χ3n) is 2.73. The van der Waals surface area contributed by atoms with Crippen LogP contribution in [0.25, 0.3) is 0 Å². The summed E-state index contributed by atoms with van der Waals surface area (Å²) in [6.45, 7) is 5.52. The number of benzene rings is 1. The normalized spacial score (nSPS) is 10.3. The van der Waals surface area contributed by atoms with Crippen molar-refractivity contribution in [3.05, 3.63) is 29.3 Å². The predicted octanol–water partition coefficient (Wildman–Crippen LogP) is 3.67. The Morgan fingerprint density at radius 3 is 2.63 bits per heavy atom. The molecule has 0 unspecified atom stereocenters. The Kier molecular flexibility index (Phi) is 6.64. The molecule has 19 heavy (non-hydrogen) atoms. The first-order valence-electron chi connectivity index (χ1n) is 6.53. The second-order valence-corrected chi connectivity index (χ2v) is 5.65. The molecule has 104 valence electrons. The third kappa shape index (κ3) is 5.47. The molecule has 0 radical (unpaired) electrons. The molecule has 0 spiro atoms. The summed E-state index contributed by atoms with van der Waals surface area (Å²) in [6, 6.07) is 5.41. The summed E-state index contributed by atoms with van der Waals surface area (Å²) in [5, 5.41) is 2.74. The molecule has 0 heterocycles. The molecule has 0 fully saturated rings. The van der Waals surface area contributed by atoms with E-state index in [9.17, 15) is 9.59 Å². The van der Waals surface area contributed by atoms with Crippen LogP contribution in [0.3, 0.4) is 0 Å². The van der Waals surface area contributed by atoms with Gasteiger partial charge < -0.3 is 5.32 Å². The van der Waals surface area contributed by atoms with Crippen LogP contribution >= 0.6 is 11.8 Å². The highest BCUT2D eigenvalue weighted by atomic mass is 32.2. The van der Waals surface area contributed by atoms with Crippen LogP contribution in [-0.2, 0) is 4.79 Å². The highest BCUT2D eigenvalue weighted by molar-refractivity contribution is 7.99. The van der Waals surface area contributed by atoms with Gasteiger partial charge in [0.1, 0.15) is 0 Å². The molecule has 4 heteroatoms. The van der Waals surface area contributed by atoms with Crippen molar-refractivity contribution in [2.75, 3.05) is 16.8 Å². The van der Waals surface area contributed by atoms with Crippen molar-refractivity contribution in [3.63, 3.8) is 0 Å². The summed E-state index contributed by atoms with van der Waals surface area (Å²) in [5.41, 5.74) is 2.40. The van der Waals surface area contributed by atoms with E-state index in [4.69, 9.17) is 0 Å². The highest BCUT2D eigenvalue weighted by Gasteiger charge is 2.08. The Labute approximate surface area is 119 Å². The maximum Gasteiger partial charge on any atom is 0.221 e. The van der Waals surface area contributed by atoms with Gasteiger partial charge in [0.2, 0.25) is 5.91 Å². The van der Waals surface area contributed by atoms with Crippen LogP contribution in [0.1, 0.15) is 42.6 Å². The number of carbonyl (C=O) groups excluding carboxylic acids is 2. The number of Topliss-reactive ketones (excluding diaryl/α,β-unsaturated/α-hetero) is 1. The fourth-order valence-corrected chi connectivity index (χ4v) is 2.65. The van der Waals surface area contributed by atoms with E-state index in [2.05, 4.69) is 12.2 Å². The lowest BCUT2D eigenvalue weighted by atomic mass is 10.1. The lowest BCUT2D eigenvalue weighted by Crippen LogP contribution is -2.09. The molecular formula is C15H21NO2S. The average Bonchev–Trinajstić information content (AvgIpc) is 2.36. The van der Waals surface area contributed by atoms with Gasteiger partial charge in [-0.3, -0.25) is 9.59 Å². The Hall–Kier alpha value is -1.29. The van der Waals surface area contributed by atoms with Gasteiger partial charge in [0.25, 0.3) is 0 Å². The van der Waals surface area contributed by atoms with E-state index in [0.29, 0.717) is 5.75 Å². The standard InChI is InChI=1S/C15H21NO2S/c1-4-5-8-19-10-15(18)13-6-7-14(11(2)9-13)16-12(3)17/h6-7,9H,4-5,8,10H2,1-3H3,(H,16,17). The zero-order chi connectivity index (χ0) is 14.3. The largest absolute Gasteiger partial charge is 0.326 e. The number of amides is 1. The first-order chi connectivity index (χ1) is 9.04. The molecule has 0 bridgehead atoms. The van der Waals surface area contributed by atoms with Gasteiger partial charge in [-0.1, -0.05) is 13.3 Å². The number of hydrogen-bond acceptors (Lipinski definition) is 3. The van der Waals surface area contributed by atoms with Crippen LogP contribution in [-0.4, -0.2) is 23.2 Å². The van der Waals surface area contributed by atoms with Crippen molar-refractivity contribution in [2.24, 2.45) is 0 Å². The monoisotopic (exact) mass is 279 g/mol. The van der Waals surface area contributed by atoms with E-state index in [0.717, 1.165) is 35.4 Å². The van der Waals surface area contributed by atoms with E-state index in [-0.39, 0.29) is 11.7 Å². The molecule has 1 aromatic carbocycles. The van der Waals surface area contributed by atoms with Gasteiger partial charge in [-0.2, -0.15) is 11.8 Å². The van der Waals surface area contributed by atoms with Gasteiger partial charge in [-0.25, -0.2) is 0 Å². The Morgan fingerprint density at radius 1 is 1.32 bits per heavy atom. The van der Waals surface area contributed by atoms with Crippen LogP contribution in [0.2, 0.25) is 0 Å².